The van der Waals surface area contributed by atoms with E-state index < -0.39 is 51.8 Å². The Hall–Kier alpha value is -5.16. The number of ether oxygens (including phenoxy) is 4. The monoisotopic (exact) mass is 960 g/mol. The van der Waals surface area contributed by atoms with Crippen LogP contribution in [0.5, 0.6) is 0 Å². The average Bonchev–Trinajstić information content (AvgIpc) is 4.10. The topological polar surface area (TPSA) is 189 Å². The van der Waals surface area contributed by atoms with Gasteiger partial charge in [-0.3, -0.25) is 19.2 Å². The molecule has 4 unspecified atom stereocenters. The maximum absolute atomic E-state index is 12.7. The second-order valence-electron chi connectivity index (χ2n) is 16.8. The van der Waals surface area contributed by atoms with Crippen molar-refractivity contribution >= 4 is 39.9 Å². The maximum Gasteiger partial charge on any atom is 0.508 e. The summed E-state index contributed by atoms with van der Waals surface area (Å²) in [6, 6.07) is 37.2. The van der Waals surface area contributed by atoms with Crippen LogP contribution in [-0.4, -0.2) is 59.4 Å². The van der Waals surface area contributed by atoms with Crippen LogP contribution in [-0.2, 0) is 78.2 Å². The van der Waals surface area contributed by atoms with Gasteiger partial charge in [0.05, 0.1) is 0 Å². The zero-order valence-corrected chi connectivity index (χ0v) is 40.1. The summed E-state index contributed by atoms with van der Waals surface area (Å²) in [5, 5.41) is 8.57. The van der Waals surface area contributed by atoms with Crippen LogP contribution in [0.15, 0.2) is 121 Å². The van der Waals surface area contributed by atoms with Crippen molar-refractivity contribution in [2.24, 2.45) is 23.7 Å². The largest absolute Gasteiger partial charge is 0.508 e. The number of hydrogen-bond acceptors (Lipinski definition) is 12. The van der Waals surface area contributed by atoms with E-state index in [1.807, 2.05) is 121 Å². The summed E-state index contributed by atoms with van der Waals surface area (Å²) in [5.41, 5.74) is 3.45. The van der Waals surface area contributed by atoms with E-state index in [9.17, 15) is 28.3 Å². The Kier molecular flexibility index (Phi) is 26.4. The first-order valence-electron chi connectivity index (χ1n) is 23.2. The molecular weight excluding hydrogens is 895 g/mol. The summed E-state index contributed by atoms with van der Waals surface area (Å²) < 4.78 is 50.4. The summed E-state index contributed by atoms with van der Waals surface area (Å²) >= 11 is 0. The van der Waals surface area contributed by atoms with Gasteiger partial charge in [-0.05, 0) is 81.7 Å². The lowest BCUT2D eigenvalue weighted by atomic mass is 10.1. The second-order valence-corrected chi connectivity index (χ2v) is 19.1. The van der Waals surface area contributed by atoms with Gasteiger partial charge in [0.25, 0.3) is 0 Å². The molecule has 4 aromatic carbocycles. The third-order valence-corrected chi connectivity index (χ3v) is 13.3. The van der Waals surface area contributed by atoms with E-state index in [-0.39, 0.29) is 64.4 Å². The van der Waals surface area contributed by atoms with Crippen LogP contribution >= 0.6 is 16.1 Å². The minimum Gasteiger partial charge on any atom is -0.461 e. The summed E-state index contributed by atoms with van der Waals surface area (Å²) in [6.07, 6.45) is 9.88. The fourth-order valence-corrected chi connectivity index (χ4v) is 9.33. The van der Waals surface area contributed by atoms with Crippen LogP contribution in [0.1, 0.15) is 99.3 Å². The van der Waals surface area contributed by atoms with Crippen LogP contribution in [0.4, 0.5) is 0 Å². The van der Waals surface area contributed by atoms with E-state index in [0.717, 1.165) is 35.1 Å². The predicted molar refractivity (Wildman–Crippen MR) is 255 cm³/mol. The number of carbonyl (C=O) groups is 4. The minimum atomic E-state index is -2.52. The zero-order chi connectivity index (χ0) is 47.9. The Morgan fingerprint density at radius 1 is 0.507 bits per heavy atom. The Bertz CT molecular complexity index is 2040. The number of aliphatic hydroxyl groups is 1. The van der Waals surface area contributed by atoms with Gasteiger partial charge in [-0.2, -0.15) is 4.89 Å². The van der Waals surface area contributed by atoms with Crippen molar-refractivity contribution in [3.63, 3.8) is 0 Å². The van der Waals surface area contributed by atoms with Crippen LogP contribution in [0.3, 0.4) is 0 Å². The molecule has 0 spiro atoms. The minimum absolute atomic E-state index is 0.0267. The summed E-state index contributed by atoms with van der Waals surface area (Å²) in [6.45, 7) is 1.42. The fraction of sp³-hybridized carbons (Fsp3) is 0.462. The van der Waals surface area contributed by atoms with E-state index in [0.29, 0.717) is 25.0 Å². The van der Waals surface area contributed by atoms with Gasteiger partial charge in [0.1, 0.15) is 44.9 Å². The molecule has 2 saturated carbocycles. The van der Waals surface area contributed by atoms with Gasteiger partial charge in [-0.1, -0.05) is 147 Å². The average molecular weight is 961 g/mol. The Labute approximate surface area is 396 Å². The quantitative estimate of drug-likeness (QED) is 0.0384. The van der Waals surface area contributed by atoms with Crippen molar-refractivity contribution in [1.29, 1.82) is 0 Å². The van der Waals surface area contributed by atoms with E-state index in [2.05, 4.69) is 0 Å². The molecule has 0 aromatic heterocycles. The molecule has 13 nitrogen and oxygen atoms in total. The van der Waals surface area contributed by atoms with Crippen LogP contribution in [0.25, 0.3) is 0 Å². The van der Waals surface area contributed by atoms with E-state index >= 15 is 0 Å². The van der Waals surface area contributed by atoms with Crippen molar-refractivity contribution in [3.05, 3.63) is 144 Å². The van der Waals surface area contributed by atoms with E-state index in [1.165, 1.54) is 38.5 Å². The molecule has 2 fully saturated rings. The lowest BCUT2D eigenvalue weighted by molar-refractivity contribution is -0.152. The summed E-state index contributed by atoms with van der Waals surface area (Å²) in [4.78, 5) is 58.3. The highest BCUT2D eigenvalue weighted by Gasteiger charge is 2.34. The van der Waals surface area contributed by atoms with Crippen LogP contribution < -0.4 is 0 Å². The maximum atomic E-state index is 12.7. The third kappa shape index (κ3) is 23.9. The molecule has 67 heavy (non-hydrogen) atoms. The van der Waals surface area contributed by atoms with Crippen molar-refractivity contribution in [1.82, 2.24) is 0 Å². The molecule has 4 aromatic rings. The van der Waals surface area contributed by atoms with Gasteiger partial charge < -0.3 is 24.1 Å². The Morgan fingerprint density at radius 2 is 0.851 bits per heavy atom. The molecule has 6 rings (SSSR count). The third-order valence-electron chi connectivity index (χ3n) is 11.4. The first kappa shape index (κ1) is 54.4. The number of benzene rings is 4. The van der Waals surface area contributed by atoms with Crippen molar-refractivity contribution in [2.75, 3.05) is 25.5 Å². The Morgan fingerprint density at radius 3 is 1.19 bits per heavy atom. The zero-order valence-electron chi connectivity index (χ0n) is 38.3. The van der Waals surface area contributed by atoms with E-state index in [1.54, 1.807) is 0 Å². The number of carbonyl (C=O) groups excluding carboxylic acids is 4. The molecule has 2 aliphatic rings. The molecular formula is C52H66O13P2+2. The highest BCUT2D eigenvalue weighted by Crippen LogP contribution is 2.33. The highest BCUT2D eigenvalue weighted by atomic mass is 31.1. The Balaban J connectivity index is 0.000000258. The fourth-order valence-electron chi connectivity index (χ4n) is 7.44. The molecule has 0 amide bonds. The predicted octanol–water partition coefficient (Wildman–Crippen LogP) is 10.6. The number of aliphatic hydroxyl groups excluding tert-OH is 1. The van der Waals surface area contributed by atoms with Gasteiger partial charge in [0.15, 0.2) is 12.3 Å². The van der Waals surface area contributed by atoms with Crippen LogP contribution in [0.2, 0.25) is 0 Å². The molecule has 0 radical (unpaired) electrons. The van der Waals surface area contributed by atoms with Gasteiger partial charge in [0, 0.05) is 19.4 Å². The molecule has 0 heterocycles. The molecule has 15 heteroatoms. The number of esters is 4. The van der Waals surface area contributed by atoms with Crippen molar-refractivity contribution in [2.45, 2.75) is 103 Å². The first-order chi connectivity index (χ1) is 32.6. The molecule has 2 aliphatic carbocycles. The molecule has 4 atom stereocenters. The first-order valence-corrected chi connectivity index (χ1v) is 26.0. The molecule has 2 N–H and O–H groups in total. The molecule has 0 bridgehead atoms. The number of rotatable bonds is 24. The molecule has 0 aliphatic heterocycles. The van der Waals surface area contributed by atoms with Gasteiger partial charge in [-0.25, -0.2) is 0 Å². The standard InChI is InChI=1S/C26H32O6P.C20H21O6P.C6H12O/c27-25(30-17-21-9-3-1-4-10-21)16-15-24(20-33(29)32-19-23-13-7-8-14-23)26(28)31-18-22-11-5-2-6-12-22;21-19(25-13-16-7-3-1-4-8-16)12-11-18(15-27(23)24)20(22)26-14-17-9-5-2-6-10-17;7-5-6-3-1-2-4-6/h1-6,9-12,23-24H,7-8,13-20H2;1-10,18H,11-15H2;6-7H,1-5H2/q+1;;/p+1. The van der Waals surface area contributed by atoms with Gasteiger partial charge in [0.2, 0.25) is 0 Å². The van der Waals surface area contributed by atoms with Gasteiger partial charge in [-0.15, -0.1) is 4.52 Å². The normalized spacial score (nSPS) is 14.8. The summed E-state index contributed by atoms with van der Waals surface area (Å²) in [7, 11) is -4.53. The highest BCUT2D eigenvalue weighted by molar-refractivity contribution is 7.39. The SMILES string of the molecule is O=C(CCC(C[P+](=O)O)C(=O)OCc1ccccc1)OCc1ccccc1.O=C(CCC(C[P+](=O)OCC1CCCC1)C(=O)OCc1ccccc1)OCc1ccccc1.OCC1CCCC1. The van der Waals surface area contributed by atoms with Crippen molar-refractivity contribution < 1.29 is 61.8 Å². The number of hydrogen-bond donors (Lipinski definition) is 2. The molecule has 360 valence electrons. The summed E-state index contributed by atoms with van der Waals surface area (Å²) in [5.74, 6) is -2.35. The lowest BCUT2D eigenvalue weighted by Crippen LogP contribution is -2.22. The van der Waals surface area contributed by atoms with E-state index in [4.69, 9.17) is 33.5 Å². The van der Waals surface area contributed by atoms with Crippen molar-refractivity contribution in [3.8, 4) is 0 Å². The van der Waals surface area contributed by atoms with Gasteiger partial charge >= 0.3 is 39.9 Å². The molecule has 0 saturated heterocycles. The second kappa shape index (κ2) is 32.5. The van der Waals surface area contributed by atoms with Crippen LogP contribution in [0, 0.1) is 23.7 Å². The smallest absolute Gasteiger partial charge is 0.461 e. The lowest BCUT2D eigenvalue weighted by Gasteiger charge is -2.12.